The van der Waals surface area contributed by atoms with Gasteiger partial charge in [0.25, 0.3) is 0 Å². The molecule has 0 aromatic rings. The Morgan fingerprint density at radius 3 is 2.37 bits per heavy atom. The first-order chi connectivity index (χ1) is 8.81. The first-order valence-electron chi connectivity index (χ1n) is 5.84. The Morgan fingerprint density at radius 1 is 1.05 bits per heavy atom. The maximum absolute atomic E-state index is 11.0. The van der Waals surface area contributed by atoms with Crippen LogP contribution in [0.2, 0.25) is 0 Å². The summed E-state index contributed by atoms with van der Waals surface area (Å²) < 4.78 is 19.9. The van der Waals surface area contributed by atoms with Crippen LogP contribution in [0.1, 0.15) is 0 Å². The molecule has 0 fully saturated rings. The number of nitrogens with one attached hydrogen (secondary N) is 1. The maximum atomic E-state index is 11.0. The molecule has 7 nitrogen and oxygen atoms in total. The molecular weight excluding hydrogens is 279 g/mol. The number of nitrogens with zero attached hydrogens (tertiary/aromatic N) is 1. The molecule has 0 heterocycles. The van der Waals surface area contributed by atoms with Crippen LogP contribution in [0.4, 0.5) is 0 Å². The standard InChI is InChI=1S/C11H23N2O5.K/c1-15-9-11(14)13-4-6-18-8-7-17-5-3-12-10-16-2;/h3-10H2,1-2H3,(H,13,14);/q-1;+1. The summed E-state index contributed by atoms with van der Waals surface area (Å²) in [7, 11) is 3.08. The van der Waals surface area contributed by atoms with Crippen molar-refractivity contribution in [2.75, 3.05) is 67.1 Å². The van der Waals surface area contributed by atoms with Gasteiger partial charge in [-0.3, -0.25) is 4.79 Å². The topological polar surface area (TPSA) is 80.1 Å². The molecule has 0 bridgehead atoms. The zero-order valence-electron chi connectivity index (χ0n) is 12.1. The molecule has 0 saturated heterocycles. The molecular formula is C11H23KN2O5. The fourth-order valence-corrected chi connectivity index (χ4v) is 1.05. The zero-order valence-corrected chi connectivity index (χ0v) is 15.3. The molecule has 108 valence electrons. The van der Waals surface area contributed by atoms with E-state index in [4.69, 9.17) is 14.2 Å². The Kier molecular flexibility index (Phi) is 22.1. The third-order valence-electron chi connectivity index (χ3n) is 1.83. The minimum absolute atomic E-state index is 0. The molecule has 0 unspecified atom stereocenters. The molecule has 1 N–H and O–H groups in total. The van der Waals surface area contributed by atoms with Gasteiger partial charge < -0.3 is 29.6 Å². The normalized spacial score (nSPS) is 10.0. The van der Waals surface area contributed by atoms with Crippen LogP contribution in [0.3, 0.4) is 0 Å². The number of carbonyl (C=O) groups is 1. The Hall–Kier alpha value is 0.906. The second kappa shape index (κ2) is 18.9. The van der Waals surface area contributed by atoms with E-state index in [9.17, 15) is 4.79 Å². The van der Waals surface area contributed by atoms with E-state index in [-0.39, 0.29) is 63.9 Å². The van der Waals surface area contributed by atoms with Crippen molar-refractivity contribution in [3.8, 4) is 0 Å². The Bertz CT molecular complexity index is 198. The Balaban J connectivity index is 0. The van der Waals surface area contributed by atoms with Crippen LogP contribution in [0.5, 0.6) is 0 Å². The van der Waals surface area contributed by atoms with Gasteiger partial charge in [-0.1, -0.05) is 0 Å². The molecule has 0 rings (SSSR count). The molecule has 0 aliphatic heterocycles. The van der Waals surface area contributed by atoms with Crippen molar-refractivity contribution in [3.05, 3.63) is 5.32 Å². The first kappa shape index (κ1) is 22.2. The number of carbonyl (C=O) groups excluding carboxylic acids is 1. The maximum Gasteiger partial charge on any atom is 1.00 e. The third kappa shape index (κ3) is 18.9. The van der Waals surface area contributed by atoms with Crippen LogP contribution in [0.15, 0.2) is 0 Å². The van der Waals surface area contributed by atoms with Crippen molar-refractivity contribution >= 4 is 5.91 Å². The minimum Gasteiger partial charge on any atom is -0.638 e. The first-order valence-corrected chi connectivity index (χ1v) is 5.84. The summed E-state index contributed by atoms with van der Waals surface area (Å²) in [5.74, 6) is -0.142. The van der Waals surface area contributed by atoms with Crippen LogP contribution >= 0.6 is 0 Å². The van der Waals surface area contributed by atoms with Crippen molar-refractivity contribution in [3.63, 3.8) is 0 Å². The molecule has 0 aromatic heterocycles. The van der Waals surface area contributed by atoms with Gasteiger partial charge in [-0.15, -0.1) is 6.54 Å². The number of methoxy groups -OCH3 is 2. The zero-order chi connectivity index (χ0) is 13.5. The predicted octanol–water partition coefficient (Wildman–Crippen LogP) is -3.24. The van der Waals surface area contributed by atoms with Gasteiger partial charge in [0.1, 0.15) is 6.61 Å². The molecule has 0 saturated carbocycles. The fourth-order valence-electron chi connectivity index (χ4n) is 1.05. The van der Waals surface area contributed by atoms with Gasteiger partial charge in [0, 0.05) is 27.4 Å². The average molecular weight is 302 g/mol. The van der Waals surface area contributed by atoms with E-state index in [0.717, 1.165) is 0 Å². The van der Waals surface area contributed by atoms with Gasteiger partial charge >= 0.3 is 51.4 Å². The quantitative estimate of drug-likeness (QED) is 0.286. The molecule has 0 aliphatic carbocycles. The van der Waals surface area contributed by atoms with E-state index in [0.29, 0.717) is 46.2 Å². The largest absolute Gasteiger partial charge is 1.00 e. The monoisotopic (exact) mass is 302 g/mol. The van der Waals surface area contributed by atoms with Crippen molar-refractivity contribution < 1.29 is 75.1 Å². The van der Waals surface area contributed by atoms with Gasteiger partial charge in [0.15, 0.2) is 0 Å². The fraction of sp³-hybridized carbons (Fsp3) is 0.909. The van der Waals surface area contributed by atoms with E-state index in [1.807, 2.05) is 0 Å². The molecule has 0 spiro atoms. The molecule has 8 heteroatoms. The summed E-state index contributed by atoms with van der Waals surface area (Å²) in [6.45, 7) is 3.64. The summed E-state index contributed by atoms with van der Waals surface area (Å²) in [4.78, 5) is 11.0. The van der Waals surface area contributed by atoms with Crippen LogP contribution < -0.4 is 56.7 Å². The van der Waals surface area contributed by atoms with Crippen LogP contribution in [-0.4, -0.2) is 73.0 Å². The van der Waals surface area contributed by atoms with Gasteiger partial charge in [0.2, 0.25) is 5.91 Å². The molecule has 1 amide bonds. The molecule has 0 aliphatic rings. The summed E-state index contributed by atoms with van der Waals surface area (Å²) in [6, 6.07) is 0. The van der Waals surface area contributed by atoms with Gasteiger partial charge in [-0.25, -0.2) is 0 Å². The average Bonchev–Trinajstić information content (AvgIpc) is 2.36. The van der Waals surface area contributed by atoms with E-state index in [2.05, 4.69) is 15.4 Å². The minimum atomic E-state index is -0.142. The van der Waals surface area contributed by atoms with E-state index in [1.165, 1.54) is 7.11 Å². The molecule has 0 atom stereocenters. The van der Waals surface area contributed by atoms with Gasteiger partial charge in [-0.2, -0.15) is 0 Å². The molecule has 0 radical (unpaired) electrons. The SMILES string of the molecule is COC[N-]CCOCCOCCNC(=O)COC.[K+]. The summed E-state index contributed by atoms with van der Waals surface area (Å²) in [5.41, 5.74) is 0. The van der Waals surface area contributed by atoms with Crippen molar-refractivity contribution in [2.24, 2.45) is 0 Å². The van der Waals surface area contributed by atoms with Crippen molar-refractivity contribution in [1.82, 2.24) is 5.32 Å². The van der Waals surface area contributed by atoms with Crippen molar-refractivity contribution in [2.45, 2.75) is 0 Å². The van der Waals surface area contributed by atoms with E-state index in [1.54, 1.807) is 7.11 Å². The number of hydrogen-bond donors (Lipinski definition) is 1. The Labute approximate surface area is 157 Å². The molecule has 19 heavy (non-hydrogen) atoms. The summed E-state index contributed by atoms with van der Waals surface area (Å²) in [6.07, 6.45) is 0. The predicted molar refractivity (Wildman–Crippen MR) is 66.6 cm³/mol. The van der Waals surface area contributed by atoms with Gasteiger partial charge in [0.05, 0.1) is 19.8 Å². The number of amides is 1. The summed E-state index contributed by atoms with van der Waals surface area (Å²) >= 11 is 0. The number of ether oxygens (including phenoxy) is 4. The summed E-state index contributed by atoms with van der Waals surface area (Å²) in [5, 5.41) is 6.68. The number of rotatable bonds is 13. The van der Waals surface area contributed by atoms with Crippen molar-refractivity contribution in [1.29, 1.82) is 0 Å². The second-order valence-electron chi connectivity index (χ2n) is 3.37. The third-order valence-corrected chi connectivity index (χ3v) is 1.83. The molecule has 0 aromatic carbocycles. The second-order valence-corrected chi connectivity index (χ2v) is 3.37. The smallest absolute Gasteiger partial charge is 0.638 e. The van der Waals surface area contributed by atoms with Crippen LogP contribution in [0, 0.1) is 0 Å². The van der Waals surface area contributed by atoms with E-state index >= 15 is 0 Å². The van der Waals surface area contributed by atoms with E-state index < -0.39 is 0 Å². The van der Waals surface area contributed by atoms with Gasteiger partial charge in [-0.05, 0) is 6.73 Å². The Morgan fingerprint density at radius 2 is 1.74 bits per heavy atom. The van der Waals surface area contributed by atoms with Crippen LogP contribution in [0.25, 0.3) is 5.32 Å². The number of hydrogen-bond acceptors (Lipinski definition) is 5. The van der Waals surface area contributed by atoms with Crippen LogP contribution in [-0.2, 0) is 23.7 Å².